The molecule has 2 aromatic heterocycles. The van der Waals surface area contributed by atoms with Crippen molar-refractivity contribution < 1.29 is 24.2 Å². The summed E-state index contributed by atoms with van der Waals surface area (Å²) in [6.45, 7) is -0.121. The highest BCUT2D eigenvalue weighted by Gasteiger charge is 2.38. The molecule has 8 heteroatoms. The van der Waals surface area contributed by atoms with E-state index in [0.29, 0.717) is 16.9 Å². The van der Waals surface area contributed by atoms with Gasteiger partial charge in [-0.1, -0.05) is 12.2 Å². The standard InChI is InChI=1S/C22H19N3O5/c26-10-5-11-29-22(28)18-19(27)17(30-20(18)16-7-2-1-3-8-23-16)12-14-13-25-21-15(14)6-4-9-24-21/h1-4,6-9,12-13,23,26H,5,10-11H2,(H,24,25). The first-order valence-electron chi connectivity index (χ1n) is 9.38. The zero-order valence-electron chi connectivity index (χ0n) is 15.9. The Kier molecular flexibility index (Phi) is 5.58. The van der Waals surface area contributed by atoms with Crippen molar-refractivity contribution in [2.24, 2.45) is 0 Å². The van der Waals surface area contributed by atoms with Crippen molar-refractivity contribution in [1.29, 1.82) is 0 Å². The number of aromatic amines is 1. The van der Waals surface area contributed by atoms with E-state index in [-0.39, 0.29) is 36.7 Å². The fourth-order valence-corrected chi connectivity index (χ4v) is 3.04. The van der Waals surface area contributed by atoms with E-state index in [4.69, 9.17) is 14.6 Å². The largest absolute Gasteiger partial charge is 0.462 e. The van der Waals surface area contributed by atoms with E-state index in [9.17, 15) is 9.59 Å². The number of carbonyl (C=O) groups excluding carboxylic acids is 2. The fraction of sp³-hybridized carbons (Fsp3) is 0.136. The van der Waals surface area contributed by atoms with Crippen LogP contribution < -0.4 is 5.32 Å². The van der Waals surface area contributed by atoms with E-state index >= 15 is 0 Å². The summed E-state index contributed by atoms with van der Waals surface area (Å²) in [5.41, 5.74) is 1.64. The average molecular weight is 405 g/mol. The third kappa shape index (κ3) is 3.81. The number of H-pyrrole nitrogens is 1. The van der Waals surface area contributed by atoms with Crippen molar-refractivity contribution in [1.82, 2.24) is 15.3 Å². The third-order valence-electron chi connectivity index (χ3n) is 4.46. The van der Waals surface area contributed by atoms with Gasteiger partial charge >= 0.3 is 5.97 Å². The molecule has 0 unspecified atom stereocenters. The van der Waals surface area contributed by atoms with Gasteiger partial charge in [0.25, 0.3) is 0 Å². The molecule has 0 atom stereocenters. The number of aliphatic hydroxyl groups is 1. The lowest BCUT2D eigenvalue weighted by molar-refractivity contribution is -0.140. The van der Waals surface area contributed by atoms with Crippen LogP contribution >= 0.6 is 0 Å². The van der Waals surface area contributed by atoms with Gasteiger partial charge in [-0.25, -0.2) is 9.78 Å². The summed E-state index contributed by atoms with van der Waals surface area (Å²) < 4.78 is 11.0. The van der Waals surface area contributed by atoms with Gasteiger partial charge in [0.2, 0.25) is 5.78 Å². The fourth-order valence-electron chi connectivity index (χ4n) is 3.04. The molecule has 152 valence electrons. The maximum atomic E-state index is 13.1. The van der Waals surface area contributed by atoms with Crippen molar-refractivity contribution in [2.45, 2.75) is 6.42 Å². The number of esters is 1. The Morgan fingerprint density at radius 2 is 2.20 bits per heavy atom. The molecule has 8 nitrogen and oxygen atoms in total. The molecule has 0 aliphatic carbocycles. The molecule has 0 spiro atoms. The molecule has 2 aromatic rings. The molecule has 3 N–H and O–H groups in total. The number of nitrogens with one attached hydrogen (secondary N) is 2. The Morgan fingerprint density at radius 3 is 3.07 bits per heavy atom. The van der Waals surface area contributed by atoms with Crippen LogP contribution in [-0.4, -0.2) is 40.0 Å². The lowest BCUT2D eigenvalue weighted by Crippen LogP contribution is -2.17. The smallest absolute Gasteiger partial charge is 0.346 e. The number of rotatable bonds is 6. The number of carbonyl (C=O) groups is 2. The van der Waals surface area contributed by atoms with Crippen LogP contribution in [0.3, 0.4) is 0 Å². The van der Waals surface area contributed by atoms with Gasteiger partial charge in [0, 0.05) is 42.6 Å². The van der Waals surface area contributed by atoms with Crippen molar-refractivity contribution >= 4 is 28.9 Å². The van der Waals surface area contributed by atoms with Gasteiger partial charge in [0.15, 0.2) is 17.1 Å². The van der Waals surface area contributed by atoms with Crippen molar-refractivity contribution in [2.75, 3.05) is 13.2 Å². The van der Waals surface area contributed by atoms with Gasteiger partial charge in [-0.2, -0.15) is 0 Å². The van der Waals surface area contributed by atoms with Gasteiger partial charge in [0.05, 0.1) is 12.3 Å². The van der Waals surface area contributed by atoms with Gasteiger partial charge in [-0.15, -0.1) is 0 Å². The average Bonchev–Trinajstić information content (AvgIpc) is 3.17. The van der Waals surface area contributed by atoms with Crippen LogP contribution in [0.1, 0.15) is 12.0 Å². The first-order chi connectivity index (χ1) is 14.7. The second-order valence-corrected chi connectivity index (χ2v) is 6.47. The number of pyridine rings is 1. The summed E-state index contributed by atoms with van der Waals surface area (Å²) in [6, 6.07) is 3.66. The number of Topliss-reactive ketones (excluding diaryl/α,β-unsaturated/α-hetero) is 1. The topological polar surface area (TPSA) is 114 Å². The molecular weight excluding hydrogens is 386 g/mol. The van der Waals surface area contributed by atoms with E-state index < -0.39 is 11.8 Å². The van der Waals surface area contributed by atoms with Crippen LogP contribution in [0.2, 0.25) is 0 Å². The number of aliphatic hydroxyl groups excluding tert-OH is 1. The van der Waals surface area contributed by atoms with Gasteiger partial charge in [-0.05, 0) is 30.4 Å². The van der Waals surface area contributed by atoms with E-state index in [1.807, 2.05) is 6.07 Å². The maximum Gasteiger partial charge on any atom is 0.346 e. The zero-order valence-corrected chi connectivity index (χ0v) is 15.9. The minimum Gasteiger partial charge on any atom is -0.462 e. The lowest BCUT2D eigenvalue weighted by atomic mass is 10.1. The number of allylic oxidation sites excluding steroid dienone is 5. The predicted octanol–water partition coefficient (Wildman–Crippen LogP) is 2.24. The van der Waals surface area contributed by atoms with Crippen LogP contribution in [0.25, 0.3) is 17.1 Å². The molecule has 4 rings (SSSR count). The molecule has 0 aromatic carbocycles. The molecule has 0 radical (unpaired) electrons. The number of hydrogen-bond donors (Lipinski definition) is 3. The van der Waals surface area contributed by atoms with Gasteiger partial charge in [0.1, 0.15) is 5.65 Å². The quantitative estimate of drug-likeness (QED) is 0.292. The molecule has 0 amide bonds. The maximum absolute atomic E-state index is 13.1. The minimum atomic E-state index is -0.799. The van der Waals surface area contributed by atoms with Crippen molar-refractivity contribution in [3.8, 4) is 0 Å². The molecule has 2 aliphatic rings. The monoisotopic (exact) mass is 405 g/mol. The molecular formula is C22H19N3O5. The van der Waals surface area contributed by atoms with E-state index in [0.717, 1.165) is 5.39 Å². The first kappa shape index (κ1) is 19.4. The molecule has 4 heterocycles. The SMILES string of the molecule is O=C(OCCCO)C1=C(C2=CC=CC=CN2)OC(=Cc2c[nH]c3ncccc23)C1=O. The van der Waals surface area contributed by atoms with Gasteiger partial charge in [-0.3, -0.25) is 4.79 Å². The number of nitrogens with zero attached hydrogens (tertiary/aromatic N) is 1. The Bertz CT molecular complexity index is 1150. The van der Waals surface area contributed by atoms with E-state index in [2.05, 4.69) is 15.3 Å². The summed E-state index contributed by atoms with van der Waals surface area (Å²) in [5.74, 6) is -1.28. The molecule has 2 aliphatic heterocycles. The van der Waals surface area contributed by atoms with Crippen LogP contribution in [0.5, 0.6) is 0 Å². The highest BCUT2D eigenvalue weighted by molar-refractivity contribution is 6.27. The number of ether oxygens (including phenoxy) is 2. The van der Waals surface area contributed by atoms with Crippen molar-refractivity contribution in [3.63, 3.8) is 0 Å². The number of hydrogen-bond acceptors (Lipinski definition) is 7. The summed E-state index contributed by atoms with van der Waals surface area (Å²) >= 11 is 0. The Balaban J connectivity index is 1.71. The van der Waals surface area contributed by atoms with Crippen LogP contribution in [0, 0.1) is 0 Å². The number of fused-ring (bicyclic) bond motifs is 1. The summed E-state index contributed by atoms with van der Waals surface area (Å²) in [7, 11) is 0. The molecule has 0 bridgehead atoms. The lowest BCUT2D eigenvalue weighted by Gasteiger charge is -2.09. The highest BCUT2D eigenvalue weighted by Crippen LogP contribution is 2.32. The predicted molar refractivity (Wildman–Crippen MR) is 109 cm³/mol. The normalized spacial score (nSPS) is 17.2. The van der Waals surface area contributed by atoms with Crippen LogP contribution in [-0.2, 0) is 19.1 Å². The van der Waals surface area contributed by atoms with Gasteiger partial charge < -0.3 is 24.9 Å². The second kappa shape index (κ2) is 8.62. The number of ketones is 1. The third-order valence-corrected chi connectivity index (χ3v) is 4.46. The molecule has 0 saturated carbocycles. The number of aromatic nitrogens is 2. The summed E-state index contributed by atoms with van der Waals surface area (Å²) in [5, 5.41) is 12.7. The molecule has 0 saturated heterocycles. The summed E-state index contributed by atoms with van der Waals surface area (Å²) in [6.07, 6.45) is 13.9. The highest BCUT2D eigenvalue weighted by atomic mass is 16.5. The Hall–Kier alpha value is -3.91. The zero-order chi connectivity index (χ0) is 20.9. The Morgan fingerprint density at radius 1 is 1.30 bits per heavy atom. The van der Waals surface area contributed by atoms with Crippen molar-refractivity contribution in [3.05, 3.63) is 83.4 Å². The van der Waals surface area contributed by atoms with E-state index in [1.165, 1.54) is 0 Å². The van der Waals surface area contributed by atoms with E-state index in [1.54, 1.807) is 55.0 Å². The van der Waals surface area contributed by atoms with Crippen LogP contribution in [0.15, 0.2) is 77.8 Å². The summed E-state index contributed by atoms with van der Waals surface area (Å²) in [4.78, 5) is 33.0. The molecule has 0 fully saturated rings. The second-order valence-electron chi connectivity index (χ2n) is 6.47. The first-order valence-corrected chi connectivity index (χ1v) is 9.38. The minimum absolute atomic E-state index is 0.00115. The Labute approximate surface area is 171 Å². The van der Waals surface area contributed by atoms with Crippen LogP contribution in [0.4, 0.5) is 0 Å². The molecule has 30 heavy (non-hydrogen) atoms.